The molecular formula is C23H44NNaO5. The predicted molar refractivity (Wildman–Crippen MR) is 117 cm³/mol. The van der Waals surface area contributed by atoms with E-state index < -0.39 is 18.0 Å². The summed E-state index contributed by atoms with van der Waals surface area (Å²) < 4.78 is 0. The first-order chi connectivity index (χ1) is 14.0. The van der Waals surface area contributed by atoms with Crippen LogP contribution >= 0.6 is 0 Å². The number of amides is 1. The van der Waals surface area contributed by atoms with E-state index in [0.717, 1.165) is 19.3 Å². The maximum Gasteiger partial charge on any atom is 1.00 e. The van der Waals surface area contributed by atoms with Gasteiger partial charge in [-0.2, -0.15) is 0 Å². The summed E-state index contributed by atoms with van der Waals surface area (Å²) in [6.07, 6.45) is 18.8. The molecule has 0 radical (unpaired) electrons. The molecule has 0 spiro atoms. The molecule has 0 rings (SSSR count). The second-order valence-corrected chi connectivity index (χ2v) is 8.09. The van der Waals surface area contributed by atoms with Gasteiger partial charge in [0.2, 0.25) is 5.91 Å². The zero-order valence-electron chi connectivity index (χ0n) is 20.4. The summed E-state index contributed by atoms with van der Waals surface area (Å²) in [6.45, 7) is 2.25. The summed E-state index contributed by atoms with van der Waals surface area (Å²) in [4.78, 5) is 33.4. The molecule has 0 aliphatic carbocycles. The molecule has 1 atom stereocenters. The van der Waals surface area contributed by atoms with Crippen LogP contribution in [-0.2, 0) is 14.4 Å². The van der Waals surface area contributed by atoms with E-state index in [1.165, 1.54) is 77.0 Å². The Morgan fingerprint density at radius 1 is 0.700 bits per heavy atom. The van der Waals surface area contributed by atoms with Gasteiger partial charge in [0, 0.05) is 12.8 Å². The van der Waals surface area contributed by atoms with Gasteiger partial charge in [-0.15, -0.1) is 0 Å². The molecular weight excluding hydrogens is 393 g/mol. The Morgan fingerprint density at radius 2 is 1.10 bits per heavy atom. The Morgan fingerprint density at radius 3 is 1.47 bits per heavy atom. The van der Waals surface area contributed by atoms with Crippen LogP contribution in [0.1, 0.15) is 124 Å². The van der Waals surface area contributed by atoms with Crippen molar-refractivity contribution in [2.24, 2.45) is 0 Å². The minimum atomic E-state index is -1.18. The van der Waals surface area contributed by atoms with Crippen molar-refractivity contribution >= 4 is 17.8 Å². The average Bonchev–Trinajstić information content (AvgIpc) is 2.67. The maximum atomic E-state index is 11.8. The summed E-state index contributed by atoms with van der Waals surface area (Å²) in [6, 6.07) is -1.12. The molecule has 0 heterocycles. The molecule has 0 aliphatic heterocycles. The second kappa shape index (κ2) is 23.1. The summed E-state index contributed by atoms with van der Waals surface area (Å²) in [7, 11) is 0. The van der Waals surface area contributed by atoms with E-state index in [-0.39, 0.29) is 49.7 Å². The molecule has 0 fully saturated rings. The van der Waals surface area contributed by atoms with Crippen molar-refractivity contribution in [2.45, 2.75) is 129 Å². The molecule has 7 heteroatoms. The van der Waals surface area contributed by atoms with Crippen molar-refractivity contribution < 1.29 is 55.6 Å². The third kappa shape index (κ3) is 22.1. The molecule has 0 bridgehead atoms. The Bertz CT molecular complexity index is 452. The SMILES string of the molecule is CCCCCCCCCCCCCCCCCC(=O)N[C@H](CCC(=O)O)C(=O)O.[H-].[Na+]. The van der Waals surface area contributed by atoms with Crippen LogP contribution in [0.5, 0.6) is 0 Å². The van der Waals surface area contributed by atoms with Crippen molar-refractivity contribution in [1.29, 1.82) is 0 Å². The first kappa shape index (κ1) is 31.6. The quantitative estimate of drug-likeness (QED) is 0.189. The van der Waals surface area contributed by atoms with Gasteiger partial charge in [-0.1, -0.05) is 96.8 Å². The van der Waals surface area contributed by atoms with Gasteiger partial charge in [-0.25, -0.2) is 4.79 Å². The van der Waals surface area contributed by atoms with E-state index in [0.29, 0.717) is 6.42 Å². The van der Waals surface area contributed by atoms with Crippen molar-refractivity contribution in [1.82, 2.24) is 5.32 Å². The summed E-state index contributed by atoms with van der Waals surface area (Å²) in [5.41, 5.74) is 0. The molecule has 172 valence electrons. The molecule has 30 heavy (non-hydrogen) atoms. The number of aliphatic carboxylic acids is 2. The number of nitrogens with one attached hydrogen (secondary N) is 1. The van der Waals surface area contributed by atoms with Crippen molar-refractivity contribution in [2.75, 3.05) is 0 Å². The van der Waals surface area contributed by atoms with Crippen LogP contribution in [0.25, 0.3) is 0 Å². The number of unbranched alkanes of at least 4 members (excludes halogenated alkanes) is 14. The first-order valence-corrected chi connectivity index (χ1v) is 11.7. The van der Waals surface area contributed by atoms with Crippen LogP contribution in [0.15, 0.2) is 0 Å². The van der Waals surface area contributed by atoms with Crippen LogP contribution < -0.4 is 34.9 Å². The zero-order chi connectivity index (χ0) is 21.7. The number of carbonyl (C=O) groups excluding carboxylic acids is 1. The summed E-state index contributed by atoms with van der Waals surface area (Å²) >= 11 is 0. The Kier molecular flexibility index (Phi) is 24.3. The van der Waals surface area contributed by atoms with Crippen LogP contribution in [0, 0.1) is 0 Å². The Balaban J connectivity index is -0.00000392. The van der Waals surface area contributed by atoms with E-state index in [1.54, 1.807) is 0 Å². The molecule has 0 saturated carbocycles. The molecule has 1 amide bonds. The smallest absolute Gasteiger partial charge is 1.00 e. The van der Waals surface area contributed by atoms with E-state index in [2.05, 4.69) is 12.2 Å². The normalized spacial score (nSPS) is 11.5. The fraction of sp³-hybridized carbons (Fsp3) is 0.870. The summed E-state index contributed by atoms with van der Waals surface area (Å²) in [5.74, 6) is -2.55. The number of carboxylic acids is 2. The molecule has 0 aromatic carbocycles. The van der Waals surface area contributed by atoms with Crippen molar-refractivity contribution in [3.05, 3.63) is 0 Å². The molecule has 6 nitrogen and oxygen atoms in total. The van der Waals surface area contributed by atoms with E-state index in [9.17, 15) is 14.4 Å². The number of rotatable bonds is 21. The van der Waals surface area contributed by atoms with Gasteiger partial charge < -0.3 is 17.0 Å². The topological polar surface area (TPSA) is 104 Å². The van der Waals surface area contributed by atoms with E-state index in [4.69, 9.17) is 10.2 Å². The monoisotopic (exact) mass is 437 g/mol. The predicted octanol–water partition coefficient (Wildman–Crippen LogP) is 2.80. The van der Waals surface area contributed by atoms with E-state index in [1.807, 2.05) is 0 Å². The number of carboxylic acid groups (broad SMARTS) is 2. The van der Waals surface area contributed by atoms with Gasteiger partial charge in [-0.05, 0) is 12.8 Å². The van der Waals surface area contributed by atoms with Crippen LogP contribution in [0.3, 0.4) is 0 Å². The van der Waals surface area contributed by atoms with Crippen LogP contribution in [-0.4, -0.2) is 34.1 Å². The van der Waals surface area contributed by atoms with Gasteiger partial charge in [0.15, 0.2) is 0 Å². The van der Waals surface area contributed by atoms with Gasteiger partial charge in [0.25, 0.3) is 0 Å². The molecule has 0 unspecified atom stereocenters. The molecule has 0 aliphatic rings. The van der Waals surface area contributed by atoms with Gasteiger partial charge in [0.1, 0.15) is 6.04 Å². The molecule has 3 N–H and O–H groups in total. The Labute approximate surface area is 206 Å². The zero-order valence-corrected chi connectivity index (χ0v) is 21.4. The van der Waals surface area contributed by atoms with Crippen molar-refractivity contribution in [3.63, 3.8) is 0 Å². The summed E-state index contributed by atoms with van der Waals surface area (Å²) in [5, 5.41) is 20.1. The van der Waals surface area contributed by atoms with Crippen molar-refractivity contribution in [3.8, 4) is 0 Å². The van der Waals surface area contributed by atoms with Gasteiger partial charge in [-0.3, -0.25) is 9.59 Å². The fourth-order valence-electron chi connectivity index (χ4n) is 3.45. The number of hydrogen-bond donors (Lipinski definition) is 3. The third-order valence-electron chi connectivity index (χ3n) is 5.29. The maximum absolute atomic E-state index is 11.8. The second-order valence-electron chi connectivity index (χ2n) is 8.09. The van der Waals surface area contributed by atoms with Crippen LogP contribution in [0.4, 0.5) is 0 Å². The molecule has 0 aromatic heterocycles. The molecule has 0 aromatic rings. The minimum Gasteiger partial charge on any atom is -1.00 e. The standard InChI is InChI=1S/C23H43NO5.Na.H/c1-2-3-4-5-6-7-8-9-10-11-12-13-14-15-16-17-21(25)24-20(23(28)29)18-19-22(26)27;;/h20H,2-19H2,1H3,(H,24,25)(H,26,27)(H,28,29);;/q;+1;-1/t20-;;/m1../s1. The Hall–Kier alpha value is -0.590. The van der Waals surface area contributed by atoms with Gasteiger partial charge >= 0.3 is 41.5 Å². The third-order valence-corrected chi connectivity index (χ3v) is 5.29. The first-order valence-electron chi connectivity index (χ1n) is 11.7. The number of hydrogen-bond acceptors (Lipinski definition) is 3. The average molecular weight is 438 g/mol. The molecule has 0 saturated heterocycles. The van der Waals surface area contributed by atoms with Gasteiger partial charge in [0.05, 0.1) is 0 Å². The van der Waals surface area contributed by atoms with E-state index >= 15 is 0 Å². The largest absolute Gasteiger partial charge is 1.00 e. The fourth-order valence-corrected chi connectivity index (χ4v) is 3.45. The van der Waals surface area contributed by atoms with Crippen LogP contribution in [0.2, 0.25) is 0 Å². The minimum absolute atomic E-state index is 0. The number of carbonyl (C=O) groups is 3.